The summed E-state index contributed by atoms with van der Waals surface area (Å²) in [6.45, 7) is 0.210. The Hall–Kier alpha value is -3.30. The van der Waals surface area contributed by atoms with E-state index in [4.69, 9.17) is 16.6 Å². The quantitative estimate of drug-likeness (QED) is 0.444. The topological polar surface area (TPSA) is 98.1 Å². The van der Waals surface area contributed by atoms with Gasteiger partial charge >= 0.3 is 0 Å². The Morgan fingerprint density at radius 1 is 1.12 bits per heavy atom. The lowest BCUT2D eigenvalue weighted by Crippen LogP contribution is -2.32. The van der Waals surface area contributed by atoms with E-state index in [1.165, 1.54) is 12.3 Å². The van der Waals surface area contributed by atoms with Crippen LogP contribution in [0.15, 0.2) is 60.0 Å². The Kier molecular flexibility index (Phi) is 4.22. The molecule has 0 unspecified atom stereocenters. The Morgan fingerprint density at radius 3 is 2.70 bits per heavy atom. The largest absolute Gasteiger partial charge is 0.302 e. The summed E-state index contributed by atoms with van der Waals surface area (Å²) in [5, 5.41) is 0.500. The fourth-order valence-electron chi connectivity index (χ4n) is 4.63. The van der Waals surface area contributed by atoms with Crippen molar-refractivity contribution in [1.29, 1.82) is 0 Å². The fraction of sp³-hybridized carbons (Fsp3) is 0.217. The van der Waals surface area contributed by atoms with Crippen LogP contribution < -0.4 is 4.90 Å². The highest BCUT2D eigenvalue weighted by molar-refractivity contribution is 7.90. The van der Waals surface area contributed by atoms with E-state index in [-0.39, 0.29) is 17.5 Å². The van der Waals surface area contributed by atoms with E-state index in [1.807, 2.05) is 16.7 Å². The van der Waals surface area contributed by atoms with Gasteiger partial charge in [0.25, 0.3) is 0 Å². The maximum atomic E-state index is 13.4. The second-order valence-corrected chi connectivity index (χ2v) is 10.9. The van der Waals surface area contributed by atoms with Gasteiger partial charge in [0.1, 0.15) is 5.82 Å². The maximum Gasteiger partial charge on any atom is 0.238 e. The Bertz CT molecular complexity index is 1580. The lowest BCUT2D eigenvalue weighted by molar-refractivity contribution is -0.120. The lowest BCUT2D eigenvalue weighted by atomic mass is 9.99. The van der Waals surface area contributed by atoms with Gasteiger partial charge in [-0.1, -0.05) is 11.6 Å². The van der Waals surface area contributed by atoms with Gasteiger partial charge in [-0.3, -0.25) is 14.3 Å². The summed E-state index contributed by atoms with van der Waals surface area (Å²) in [5.41, 5.74) is 3.34. The number of nitrogens with zero attached hydrogens (tertiary/aromatic N) is 5. The summed E-state index contributed by atoms with van der Waals surface area (Å²) in [4.78, 5) is 28.1. The Morgan fingerprint density at radius 2 is 1.94 bits per heavy atom. The Labute approximate surface area is 194 Å². The number of carbonyl (C=O) groups is 1. The molecule has 0 saturated heterocycles. The number of benzene rings is 1. The molecule has 1 aliphatic carbocycles. The third kappa shape index (κ3) is 3.07. The van der Waals surface area contributed by atoms with Crippen molar-refractivity contribution >= 4 is 44.1 Å². The van der Waals surface area contributed by atoms with Gasteiger partial charge in [0, 0.05) is 23.7 Å². The van der Waals surface area contributed by atoms with Crippen LogP contribution >= 0.6 is 11.6 Å². The molecule has 1 aromatic carbocycles. The van der Waals surface area contributed by atoms with Crippen molar-refractivity contribution in [2.75, 3.05) is 11.2 Å². The highest BCUT2D eigenvalue weighted by atomic mass is 35.5. The molecule has 0 atom stereocenters. The lowest BCUT2D eigenvalue weighted by Gasteiger charge is -2.19. The predicted molar refractivity (Wildman–Crippen MR) is 123 cm³/mol. The van der Waals surface area contributed by atoms with Gasteiger partial charge in [-0.05, 0) is 54.8 Å². The molecule has 166 valence electrons. The first-order valence-corrected chi connectivity index (χ1v) is 12.6. The summed E-state index contributed by atoms with van der Waals surface area (Å²) in [6, 6.07) is 10.5. The van der Waals surface area contributed by atoms with E-state index in [2.05, 4.69) is 9.97 Å². The van der Waals surface area contributed by atoms with Crippen LogP contribution in [0.3, 0.4) is 0 Å². The molecule has 33 heavy (non-hydrogen) atoms. The second kappa shape index (κ2) is 6.85. The number of rotatable bonds is 4. The molecule has 6 rings (SSSR count). The average Bonchev–Trinajstić information content (AvgIpc) is 3.47. The van der Waals surface area contributed by atoms with Crippen molar-refractivity contribution in [2.45, 2.75) is 29.8 Å². The molecule has 1 amide bonds. The molecule has 4 aromatic rings. The molecule has 2 aliphatic rings. The van der Waals surface area contributed by atoms with E-state index in [0.29, 0.717) is 22.1 Å². The van der Waals surface area contributed by atoms with Crippen LogP contribution in [-0.4, -0.2) is 40.1 Å². The molecule has 1 spiro atoms. The van der Waals surface area contributed by atoms with Crippen LogP contribution in [0.4, 0.5) is 5.69 Å². The van der Waals surface area contributed by atoms with Crippen LogP contribution in [0.2, 0.25) is 5.02 Å². The maximum absolute atomic E-state index is 13.4. The van der Waals surface area contributed by atoms with Gasteiger partial charge in [0.15, 0.2) is 14.9 Å². The van der Waals surface area contributed by atoms with E-state index in [9.17, 15) is 13.2 Å². The molecular weight excluding hydrogens is 462 g/mol. The smallest absolute Gasteiger partial charge is 0.238 e. The third-order valence-corrected chi connectivity index (χ3v) is 7.57. The number of aromatic nitrogens is 4. The zero-order valence-electron chi connectivity index (χ0n) is 17.6. The second-order valence-electron chi connectivity index (χ2n) is 8.49. The zero-order valence-corrected chi connectivity index (χ0v) is 19.1. The van der Waals surface area contributed by atoms with Crippen LogP contribution in [0.1, 0.15) is 24.2 Å². The first-order chi connectivity index (χ1) is 15.8. The minimum absolute atomic E-state index is 0.0366. The molecule has 4 heterocycles. The molecule has 0 N–H and O–H groups in total. The van der Waals surface area contributed by atoms with Gasteiger partial charge < -0.3 is 4.90 Å². The molecule has 3 aromatic heterocycles. The average molecular weight is 480 g/mol. The summed E-state index contributed by atoms with van der Waals surface area (Å²) in [6.07, 6.45) is 7.67. The van der Waals surface area contributed by atoms with Crippen LogP contribution in [0.5, 0.6) is 0 Å². The number of anilines is 1. The predicted octanol–water partition coefficient (Wildman–Crippen LogP) is 3.45. The molecule has 0 bridgehead atoms. The summed E-state index contributed by atoms with van der Waals surface area (Å²) < 4.78 is 26.1. The standard InChI is InChI=1S/C23H18ClN5O3S/c1-33(31,32)21-11-15(4-9-26-21)29-18-3-2-14(24)10-17(18)27-20(29)13-28-19-12-25-8-5-16(19)23(6-7-23)22(28)30/h2-5,8-12H,6-7,13H2,1H3. The van der Waals surface area contributed by atoms with Crippen molar-refractivity contribution < 1.29 is 13.2 Å². The number of imidazole rings is 1. The van der Waals surface area contributed by atoms with Crippen molar-refractivity contribution in [1.82, 2.24) is 19.5 Å². The Balaban J connectivity index is 1.53. The fourth-order valence-corrected chi connectivity index (χ4v) is 5.39. The van der Waals surface area contributed by atoms with Crippen molar-refractivity contribution in [3.63, 3.8) is 0 Å². The SMILES string of the molecule is CS(=O)(=O)c1cc(-n2c(CN3C(=O)C4(CC4)c4ccncc43)nc3cc(Cl)ccc32)ccn1. The molecule has 1 saturated carbocycles. The number of halogens is 1. The number of carbonyl (C=O) groups excluding carboxylic acids is 1. The van der Waals surface area contributed by atoms with Gasteiger partial charge in [-0.25, -0.2) is 18.4 Å². The van der Waals surface area contributed by atoms with Crippen LogP contribution in [0, 0.1) is 0 Å². The highest BCUT2D eigenvalue weighted by Gasteiger charge is 2.59. The highest BCUT2D eigenvalue weighted by Crippen LogP contribution is 2.57. The molecule has 8 nitrogen and oxygen atoms in total. The first kappa shape index (κ1) is 20.3. The summed E-state index contributed by atoms with van der Waals surface area (Å²) in [5.74, 6) is 0.632. The number of amides is 1. The minimum Gasteiger partial charge on any atom is -0.302 e. The summed E-state index contributed by atoms with van der Waals surface area (Å²) >= 11 is 6.21. The first-order valence-electron chi connectivity index (χ1n) is 10.4. The van der Waals surface area contributed by atoms with E-state index >= 15 is 0 Å². The summed E-state index contributed by atoms with van der Waals surface area (Å²) in [7, 11) is -3.51. The van der Waals surface area contributed by atoms with Gasteiger partial charge in [-0.2, -0.15) is 0 Å². The number of hydrogen-bond donors (Lipinski definition) is 0. The van der Waals surface area contributed by atoms with Gasteiger partial charge in [0.2, 0.25) is 5.91 Å². The normalized spacial score (nSPS) is 16.5. The monoisotopic (exact) mass is 479 g/mol. The molecular formula is C23H18ClN5O3S. The van der Waals surface area contributed by atoms with Crippen molar-refractivity contribution in [3.8, 4) is 5.69 Å². The van der Waals surface area contributed by atoms with Crippen molar-refractivity contribution in [2.24, 2.45) is 0 Å². The zero-order chi connectivity index (χ0) is 23.0. The van der Waals surface area contributed by atoms with E-state index in [0.717, 1.165) is 35.9 Å². The molecule has 1 fully saturated rings. The third-order valence-electron chi connectivity index (χ3n) is 6.35. The number of hydrogen-bond acceptors (Lipinski definition) is 6. The molecule has 1 aliphatic heterocycles. The minimum atomic E-state index is -3.51. The number of sulfone groups is 1. The molecule has 0 radical (unpaired) electrons. The van der Waals surface area contributed by atoms with Crippen LogP contribution in [-0.2, 0) is 26.6 Å². The van der Waals surface area contributed by atoms with Gasteiger partial charge in [0.05, 0.1) is 40.6 Å². The number of fused-ring (bicyclic) bond motifs is 3. The van der Waals surface area contributed by atoms with Crippen LogP contribution in [0.25, 0.3) is 16.7 Å². The number of pyridine rings is 2. The molecule has 10 heteroatoms. The van der Waals surface area contributed by atoms with E-state index in [1.54, 1.807) is 35.5 Å². The van der Waals surface area contributed by atoms with Crippen molar-refractivity contribution in [3.05, 3.63) is 71.4 Å². The van der Waals surface area contributed by atoms with E-state index < -0.39 is 15.3 Å². The van der Waals surface area contributed by atoms with Gasteiger partial charge in [-0.15, -0.1) is 0 Å².